The number of hydrogen-bond donors (Lipinski definition) is 1. The lowest BCUT2D eigenvalue weighted by Gasteiger charge is -1.99. The van der Waals surface area contributed by atoms with Gasteiger partial charge in [-0.1, -0.05) is 0 Å². The van der Waals surface area contributed by atoms with Crippen LogP contribution in [0.15, 0.2) is 10.6 Å². The molecule has 3 heteroatoms. The van der Waals surface area contributed by atoms with Gasteiger partial charge in [-0.3, -0.25) is 0 Å². The topological polar surface area (TPSA) is 38.1 Å². The number of rotatable bonds is 6. The highest BCUT2D eigenvalue weighted by atomic mass is 16.4. The molecule has 0 aliphatic heterocycles. The molecule has 1 aromatic heterocycles. The normalized spacial score (nSPS) is 20.8. The van der Waals surface area contributed by atoms with Crippen LogP contribution in [-0.4, -0.2) is 17.6 Å². The minimum Gasteiger partial charge on any atom is -0.445 e. The fourth-order valence-electron chi connectivity index (χ4n) is 1.83. The number of nitrogens with zero attached hydrogens (tertiary/aromatic N) is 1. The Morgan fingerprint density at radius 2 is 2.20 bits per heavy atom. The molecular weight excluding hydrogens is 188 g/mol. The summed E-state index contributed by atoms with van der Waals surface area (Å²) in [6, 6.07) is 0.816. The summed E-state index contributed by atoms with van der Waals surface area (Å²) in [5, 5.41) is 3.50. The highest BCUT2D eigenvalue weighted by Gasteiger charge is 2.27. The maximum absolute atomic E-state index is 5.69. The summed E-state index contributed by atoms with van der Waals surface area (Å²) in [6.45, 7) is 1.10. The Kier molecular flexibility index (Phi) is 2.49. The van der Waals surface area contributed by atoms with Gasteiger partial charge in [0.1, 0.15) is 5.76 Å². The van der Waals surface area contributed by atoms with Crippen molar-refractivity contribution in [2.75, 3.05) is 6.54 Å². The van der Waals surface area contributed by atoms with E-state index in [2.05, 4.69) is 10.3 Å². The van der Waals surface area contributed by atoms with E-state index in [0.29, 0.717) is 5.92 Å². The van der Waals surface area contributed by atoms with Crippen LogP contribution in [0.2, 0.25) is 0 Å². The monoisotopic (exact) mass is 206 g/mol. The SMILES string of the molecule is c1nc(CCCNC2CC2)oc1C1CC1. The third kappa shape index (κ3) is 2.59. The van der Waals surface area contributed by atoms with E-state index >= 15 is 0 Å². The van der Waals surface area contributed by atoms with E-state index < -0.39 is 0 Å². The van der Waals surface area contributed by atoms with Crippen molar-refractivity contribution < 1.29 is 4.42 Å². The molecule has 0 aromatic carbocycles. The molecule has 0 atom stereocenters. The zero-order chi connectivity index (χ0) is 10.1. The molecule has 0 amide bonds. The number of nitrogens with one attached hydrogen (secondary N) is 1. The van der Waals surface area contributed by atoms with Gasteiger partial charge in [0.25, 0.3) is 0 Å². The Morgan fingerprint density at radius 3 is 2.93 bits per heavy atom. The first kappa shape index (κ1) is 9.40. The smallest absolute Gasteiger partial charge is 0.194 e. The Labute approximate surface area is 90.3 Å². The molecule has 3 nitrogen and oxygen atoms in total. The molecule has 2 aliphatic rings. The van der Waals surface area contributed by atoms with E-state index in [4.69, 9.17) is 4.42 Å². The van der Waals surface area contributed by atoms with Gasteiger partial charge in [-0.15, -0.1) is 0 Å². The van der Waals surface area contributed by atoms with Crippen LogP contribution in [0, 0.1) is 0 Å². The molecule has 1 aromatic rings. The third-order valence-corrected chi connectivity index (χ3v) is 3.13. The molecule has 0 saturated heterocycles. The number of aryl methyl sites for hydroxylation is 1. The van der Waals surface area contributed by atoms with Gasteiger partial charge in [-0.2, -0.15) is 0 Å². The van der Waals surface area contributed by atoms with Crippen molar-refractivity contribution in [3.05, 3.63) is 17.8 Å². The zero-order valence-corrected chi connectivity index (χ0v) is 9.04. The van der Waals surface area contributed by atoms with Crippen LogP contribution in [0.25, 0.3) is 0 Å². The Hall–Kier alpha value is -0.830. The highest BCUT2D eigenvalue weighted by Crippen LogP contribution is 2.40. The Morgan fingerprint density at radius 1 is 1.33 bits per heavy atom. The quantitative estimate of drug-likeness (QED) is 0.725. The van der Waals surface area contributed by atoms with Crippen LogP contribution in [0.1, 0.15) is 49.7 Å². The lowest BCUT2D eigenvalue weighted by Crippen LogP contribution is -2.17. The Bertz CT molecular complexity index is 326. The Balaban J connectivity index is 1.40. The van der Waals surface area contributed by atoms with E-state index in [-0.39, 0.29) is 0 Å². The van der Waals surface area contributed by atoms with E-state index in [0.717, 1.165) is 37.1 Å². The summed E-state index contributed by atoms with van der Waals surface area (Å²) in [4.78, 5) is 4.32. The second kappa shape index (κ2) is 3.97. The van der Waals surface area contributed by atoms with Crippen molar-refractivity contribution in [1.29, 1.82) is 0 Å². The fraction of sp³-hybridized carbons (Fsp3) is 0.750. The molecule has 3 rings (SSSR count). The number of aromatic nitrogens is 1. The van der Waals surface area contributed by atoms with Crippen LogP contribution in [0.3, 0.4) is 0 Å². The first-order valence-electron chi connectivity index (χ1n) is 6.10. The van der Waals surface area contributed by atoms with Crippen molar-refractivity contribution >= 4 is 0 Å². The minimum absolute atomic E-state index is 0.691. The van der Waals surface area contributed by atoms with Crippen LogP contribution < -0.4 is 5.32 Å². The second-order valence-corrected chi connectivity index (χ2v) is 4.76. The van der Waals surface area contributed by atoms with E-state index in [1.54, 1.807) is 0 Å². The fourth-order valence-corrected chi connectivity index (χ4v) is 1.83. The molecule has 2 fully saturated rings. The summed E-state index contributed by atoms with van der Waals surface area (Å²) in [5.74, 6) is 2.73. The summed E-state index contributed by atoms with van der Waals surface area (Å²) in [7, 11) is 0. The lowest BCUT2D eigenvalue weighted by molar-refractivity contribution is 0.447. The van der Waals surface area contributed by atoms with Gasteiger partial charge in [0, 0.05) is 18.4 Å². The number of oxazole rings is 1. The standard InChI is InChI=1S/C12H18N2O/c1(7-13-10-5-6-10)2-12-14-8-11(15-12)9-3-4-9/h8-10,13H,1-7H2. The highest BCUT2D eigenvalue weighted by molar-refractivity contribution is 5.08. The summed E-state index contributed by atoms with van der Waals surface area (Å²) < 4.78 is 5.69. The average Bonchev–Trinajstić information content (AvgIpc) is 3.14. The van der Waals surface area contributed by atoms with Crippen LogP contribution >= 0.6 is 0 Å². The van der Waals surface area contributed by atoms with Crippen LogP contribution in [-0.2, 0) is 6.42 Å². The molecule has 1 heterocycles. The molecular formula is C12H18N2O. The summed E-state index contributed by atoms with van der Waals surface area (Å²) in [5.41, 5.74) is 0. The van der Waals surface area contributed by atoms with Crippen LogP contribution in [0.4, 0.5) is 0 Å². The van der Waals surface area contributed by atoms with E-state index in [9.17, 15) is 0 Å². The molecule has 0 bridgehead atoms. The molecule has 0 unspecified atom stereocenters. The van der Waals surface area contributed by atoms with Gasteiger partial charge in [0.2, 0.25) is 0 Å². The molecule has 82 valence electrons. The van der Waals surface area contributed by atoms with Crippen molar-refractivity contribution in [2.24, 2.45) is 0 Å². The van der Waals surface area contributed by atoms with Gasteiger partial charge in [-0.25, -0.2) is 4.98 Å². The predicted molar refractivity (Wildman–Crippen MR) is 57.8 cm³/mol. The molecule has 2 saturated carbocycles. The van der Waals surface area contributed by atoms with E-state index in [1.165, 1.54) is 25.7 Å². The predicted octanol–water partition coefficient (Wildman–Crippen LogP) is 2.24. The third-order valence-electron chi connectivity index (χ3n) is 3.13. The van der Waals surface area contributed by atoms with Crippen LogP contribution in [0.5, 0.6) is 0 Å². The van der Waals surface area contributed by atoms with Gasteiger partial charge < -0.3 is 9.73 Å². The minimum atomic E-state index is 0.691. The number of hydrogen-bond acceptors (Lipinski definition) is 3. The lowest BCUT2D eigenvalue weighted by atomic mass is 10.3. The van der Waals surface area contributed by atoms with Crippen molar-refractivity contribution in [2.45, 2.75) is 50.5 Å². The van der Waals surface area contributed by atoms with Gasteiger partial charge in [0.05, 0.1) is 6.20 Å². The van der Waals surface area contributed by atoms with Crippen molar-refractivity contribution in [3.63, 3.8) is 0 Å². The van der Waals surface area contributed by atoms with E-state index in [1.807, 2.05) is 6.20 Å². The van der Waals surface area contributed by atoms with Gasteiger partial charge >= 0.3 is 0 Å². The molecule has 0 spiro atoms. The maximum atomic E-state index is 5.69. The van der Waals surface area contributed by atoms with Crippen molar-refractivity contribution in [1.82, 2.24) is 10.3 Å². The first-order chi connectivity index (χ1) is 7.42. The summed E-state index contributed by atoms with van der Waals surface area (Å²) in [6.07, 6.45) is 9.35. The zero-order valence-electron chi connectivity index (χ0n) is 9.04. The van der Waals surface area contributed by atoms with Gasteiger partial charge in [0.15, 0.2) is 5.89 Å². The molecule has 15 heavy (non-hydrogen) atoms. The van der Waals surface area contributed by atoms with Gasteiger partial charge in [-0.05, 0) is 38.6 Å². The first-order valence-corrected chi connectivity index (χ1v) is 6.10. The molecule has 2 aliphatic carbocycles. The maximum Gasteiger partial charge on any atom is 0.194 e. The average molecular weight is 206 g/mol. The molecule has 1 N–H and O–H groups in total. The largest absolute Gasteiger partial charge is 0.445 e. The second-order valence-electron chi connectivity index (χ2n) is 4.76. The molecule has 0 radical (unpaired) electrons. The summed E-state index contributed by atoms with van der Waals surface area (Å²) >= 11 is 0. The van der Waals surface area contributed by atoms with Crippen molar-refractivity contribution in [3.8, 4) is 0 Å².